The molecule has 1 saturated carbocycles. The summed E-state index contributed by atoms with van der Waals surface area (Å²) in [5.41, 5.74) is 0.857. The number of amides is 2. The molecule has 0 aromatic heterocycles. The molecule has 1 aromatic carbocycles. The van der Waals surface area contributed by atoms with Crippen LogP contribution in [0.4, 0.5) is 4.79 Å². The molecule has 1 aliphatic carbocycles. The molecule has 2 N–H and O–H groups in total. The lowest BCUT2D eigenvalue weighted by Crippen LogP contribution is -2.44. The van der Waals surface area contributed by atoms with Crippen molar-refractivity contribution in [2.24, 2.45) is 11.8 Å². The van der Waals surface area contributed by atoms with Gasteiger partial charge < -0.3 is 24.8 Å². The standard InChI is InChI=1S/C22H32N2O5/c1-15-5-3-4-6-19(15)29-22(27)24-11-9-17(10-12-24)21(26)23-14-16-7-8-18(25)20(13-16)28-2/h7-8,13,15,17,19,25H,3-6,9-12,14H2,1-2H3,(H,23,26)/t15-,19+/m0/s1. The van der Waals surface area contributed by atoms with Crippen molar-refractivity contribution < 1.29 is 24.2 Å². The quantitative estimate of drug-likeness (QED) is 0.785. The molecular weight excluding hydrogens is 372 g/mol. The van der Waals surface area contributed by atoms with Gasteiger partial charge in [-0.05, 0) is 55.7 Å². The molecule has 2 amide bonds. The molecule has 2 aliphatic rings. The second-order valence-electron chi connectivity index (χ2n) is 8.17. The number of benzene rings is 1. The van der Waals surface area contributed by atoms with Crippen molar-refractivity contribution in [3.05, 3.63) is 23.8 Å². The van der Waals surface area contributed by atoms with E-state index in [-0.39, 0.29) is 29.8 Å². The zero-order chi connectivity index (χ0) is 20.8. The van der Waals surface area contributed by atoms with Crippen LogP contribution < -0.4 is 10.1 Å². The fourth-order valence-corrected chi connectivity index (χ4v) is 4.15. The Morgan fingerprint density at radius 1 is 1.17 bits per heavy atom. The highest BCUT2D eigenvalue weighted by Gasteiger charge is 2.31. The Balaban J connectivity index is 1.42. The number of phenols is 1. The van der Waals surface area contributed by atoms with Crippen LogP contribution in [0.3, 0.4) is 0 Å². The first kappa shape index (κ1) is 21.3. The summed E-state index contributed by atoms with van der Waals surface area (Å²) in [6.07, 6.45) is 5.48. The highest BCUT2D eigenvalue weighted by atomic mass is 16.6. The number of hydrogen-bond acceptors (Lipinski definition) is 5. The van der Waals surface area contributed by atoms with E-state index in [1.54, 1.807) is 23.1 Å². The van der Waals surface area contributed by atoms with Gasteiger partial charge in [0.1, 0.15) is 6.10 Å². The Hall–Kier alpha value is -2.44. The van der Waals surface area contributed by atoms with E-state index in [9.17, 15) is 14.7 Å². The van der Waals surface area contributed by atoms with E-state index in [2.05, 4.69) is 12.2 Å². The number of aromatic hydroxyl groups is 1. The van der Waals surface area contributed by atoms with E-state index in [4.69, 9.17) is 9.47 Å². The third kappa shape index (κ3) is 5.55. The molecule has 2 atom stereocenters. The SMILES string of the molecule is COc1cc(CNC(=O)C2CCN(C(=O)O[C@@H]3CCCC[C@@H]3C)CC2)ccc1O. The summed E-state index contributed by atoms with van der Waals surface area (Å²) in [7, 11) is 1.49. The van der Waals surface area contributed by atoms with Crippen molar-refractivity contribution in [3.8, 4) is 11.5 Å². The summed E-state index contributed by atoms with van der Waals surface area (Å²) in [5, 5.41) is 12.6. The Morgan fingerprint density at radius 2 is 1.90 bits per heavy atom. The zero-order valence-corrected chi connectivity index (χ0v) is 17.4. The van der Waals surface area contributed by atoms with Gasteiger partial charge in [0, 0.05) is 25.6 Å². The molecule has 7 heteroatoms. The van der Waals surface area contributed by atoms with E-state index in [1.807, 2.05) is 0 Å². The fourth-order valence-electron chi connectivity index (χ4n) is 4.15. The van der Waals surface area contributed by atoms with Crippen LogP contribution in [0.1, 0.15) is 51.0 Å². The van der Waals surface area contributed by atoms with Crippen molar-refractivity contribution >= 4 is 12.0 Å². The molecule has 3 rings (SSSR count). The lowest BCUT2D eigenvalue weighted by atomic mass is 9.88. The first-order valence-corrected chi connectivity index (χ1v) is 10.6. The van der Waals surface area contributed by atoms with Crippen molar-refractivity contribution in [2.75, 3.05) is 20.2 Å². The average molecular weight is 405 g/mol. The molecule has 1 saturated heterocycles. The summed E-state index contributed by atoms with van der Waals surface area (Å²) in [6.45, 7) is 3.62. The number of piperidine rings is 1. The number of rotatable bonds is 5. The second-order valence-corrected chi connectivity index (χ2v) is 8.17. The minimum Gasteiger partial charge on any atom is -0.504 e. The first-order chi connectivity index (χ1) is 14.0. The summed E-state index contributed by atoms with van der Waals surface area (Å²) in [5.74, 6) is 0.771. The topological polar surface area (TPSA) is 88.1 Å². The molecule has 1 aliphatic heterocycles. The number of carbonyl (C=O) groups excluding carboxylic acids is 2. The number of methoxy groups -OCH3 is 1. The van der Waals surface area contributed by atoms with Crippen molar-refractivity contribution in [1.82, 2.24) is 10.2 Å². The van der Waals surface area contributed by atoms with E-state index >= 15 is 0 Å². The maximum Gasteiger partial charge on any atom is 0.410 e. The summed E-state index contributed by atoms with van der Waals surface area (Å²) in [4.78, 5) is 26.7. The van der Waals surface area contributed by atoms with Crippen molar-refractivity contribution in [1.29, 1.82) is 0 Å². The maximum atomic E-state index is 12.5. The van der Waals surface area contributed by atoms with Gasteiger partial charge in [-0.1, -0.05) is 19.4 Å². The van der Waals surface area contributed by atoms with Crippen LogP contribution >= 0.6 is 0 Å². The van der Waals surface area contributed by atoms with E-state index in [0.29, 0.717) is 44.1 Å². The Kier molecular flexibility index (Phi) is 7.23. The van der Waals surface area contributed by atoms with E-state index in [1.165, 1.54) is 13.5 Å². The molecule has 2 fully saturated rings. The molecule has 0 spiro atoms. The molecule has 7 nitrogen and oxygen atoms in total. The number of carbonyl (C=O) groups is 2. The Labute approximate surface area is 172 Å². The molecule has 160 valence electrons. The van der Waals surface area contributed by atoms with Gasteiger partial charge in [-0.2, -0.15) is 0 Å². The number of ether oxygens (including phenoxy) is 2. The van der Waals surface area contributed by atoms with Gasteiger partial charge in [0.15, 0.2) is 11.5 Å². The lowest BCUT2D eigenvalue weighted by Gasteiger charge is -2.34. The molecule has 0 radical (unpaired) electrons. The maximum absolute atomic E-state index is 12.5. The molecule has 1 heterocycles. The monoisotopic (exact) mass is 404 g/mol. The number of nitrogens with zero attached hydrogens (tertiary/aromatic N) is 1. The highest BCUT2D eigenvalue weighted by molar-refractivity contribution is 5.79. The van der Waals surface area contributed by atoms with Crippen LogP contribution in [-0.2, 0) is 16.1 Å². The van der Waals surface area contributed by atoms with Gasteiger partial charge >= 0.3 is 6.09 Å². The van der Waals surface area contributed by atoms with Gasteiger partial charge in [-0.3, -0.25) is 4.79 Å². The minimum atomic E-state index is -0.237. The number of likely N-dealkylation sites (tertiary alicyclic amines) is 1. The van der Waals surface area contributed by atoms with Gasteiger partial charge in [0.2, 0.25) is 5.91 Å². The Morgan fingerprint density at radius 3 is 2.59 bits per heavy atom. The van der Waals surface area contributed by atoms with Gasteiger partial charge in [0.05, 0.1) is 7.11 Å². The highest BCUT2D eigenvalue weighted by Crippen LogP contribution is 2.28. The largest absolute Gasteiger partial charge is 0.504 e. The first-order valence-electron chi connectivity index (χ1n) is 10.6. The van der Waals surface area contributed by atoms with Crippen molar-refractivity contribution in [3.63, 3.8) is 0 Å². The molecule has 0 bridgehead atoms. The van der Waals surface area contributed by atoms with E-state index in [0.717, 1.165) is 24.8 Å². The van der Waals surface area contributed by atoms with E-state index < -0.39 is 0 Å². The second kappa shape index (κ2) is 9.85. The summed E-state index contributed by atoms with van der Waals surface area (Å²) >= 11 is 0. The summed E-state index contributed by atoms with van der Waals surface area (Å²) in [6, 6.07) is 5.01. The number of nitrogens with one attached hydrogen (secondary N) is 1. The third-order valence-corrected chi connectivity index (χ3v) is 6.12. The zero-order valence-electron chi connectivity index (χ0n) is 17.4. The normalized spacial score (nSPS) is 22.8. The molecule has 0 unspecified atom stereocenters. The molecule has 1 aromatic rings. The minimum absolute atomic E-state index is 0.00837. The number of hydrogen-bond donors (Lipinski definition) is 2. The van der Waals surface area contributed by atoms with Crippen LogP contribution in [0, 0.1) is 11.8 Å². The van der Waals surface area contributed by atoms with Crippen LogP contribution in [-0.4, -0.2) is 48.3 Å². The molecular formula is C22H32N2O5. The van der Waals surface area contributed by atoms with Gasteiger partial charge in [-0.25, -0.2) is 4.79 Å². The van der Waals surface area contributed by atoms with Crippen LogP contribution in [0.15, 0.2) is 18.2 Å². The third-order valence-electron chi connectivity index (χ3n) is 6.12. The average Bonchev–Trinajstić information content (AvgIpc) is 2.74. The number of phenolic OH excluding ortho intramolecular Hbond substituents is 1. The van der Waals surface area contributed by atoms with Crippen LogP contribution in [0.25, 0.3) is 0 Å². The van der Waals surface area contributed by atoms with Crippen LogP contribution in [0.5, 0.6) is 11.5 Å². The van der Waals surface area contributed by atoms with Crippen LogP contribution in [0.2, 0.25) is 0 Å². The predicted octanol–water partition coefficient (Wildman–Crippen LogP) is 3.44. The fraction of sp³-hybridized carbons (Fsp3) is 0.636. The Bertz CT molecular complexity index is 715. The summed E-state index contributed by atoms with van der Waals surface area (Å²) < 4.78 is 10.8. The van der Waals surface area contributed by atoms with Gasteiger partial charge in [-0.15, -0.1) is 0 Å². The lowest BCUT2D eigenvalue weighted by molar-refractivity contribution is -0.126. The van der Waals surface area contributed by atoms with Crippen molar-refractivity contribution in [2.45, 2.75) is 58.1 Å². The molecule has 29 heavy (non-hydrogen) atoms. The predicted molar refractivity (Wildman–Crippen MR) is 109 cm³/mol. The smallest absolute Gasteiger partial charge is 0.410 e. The van der Waals surface area contributed by atoms with Gasteiger partial charge in [0.25, 0.3) is 0 Å².